The van der Waals surface area contributed by atoms with E-state index in [0.29, 0.717) is 6.04 Å². The van der Waals surface area contributed by atoms with Crippen LogP contribution in [0, 0.1) is 0 Å². The van der Waals surface area contributed by atoms with E-state index in [-0.39, 0.29) is 0 Å². The highest BCUT2D eigenvalue weighted by Gasteiger charge is 2.05. The molecule has 0 aliphatic rings. The maximum atomic E-state index is 5.92. The summed E-state index contributed by atoms with van der Waals surface area (Å²) in [6, 6.07) is 16.9. The van der Waals surface area contributed by atoms with E-state index in [1.54, 1.807) is 0 Å². The van der Waals surface area contributed by atoms with Gasteiger partial charge in [-0.2, -0.15) is 0 Å². The van der Waals surface area contributed by atoms with Crippen LogP contribution in [-0.2, 0) is 6.42 Å². The second kappa shape index (κ2) is 7.11. The molecule has 106 valence electrons. The van der Waals surface area contributed by atoms with Gasteiger partial charge in [-0.05, 0) is 55.3 Å². The third-order valence-electron chi connectivity index (χ3n) is 3.44. The van der Waals surface area contributed by atoms with Crippen molar-refractivity contribution in [3.63, 3.8) is 0 Å². The highest BCUT2D eigenvalue weighted by atomic mass is 16.5. The molecular weight excluding hydrogens is 246 g/mol. The topological polar surface area (TPSA) is 21.3 Å². The van der Waals surface area contributed by atoms with Crippen LogP contribution in [0.25, 0.3) is 0 Å². The summed E-state index contributed by atoms with van der Waals surface area (Å²) in [5.74, 6) is 1.77. The predicted molar refractivity (Wildman–Crippen MR) is 84.4 cm³/mol. The van der Waals surface area contributed by atoms with Crippen molar-refractivity contribution in [2.75, 3.05) is 6.54 Å². The third-order valence-corrected chi connectivity index (χ3v) is 3.44. The second-order valence-corrected chi connectivity index (χ2v) is 4.95. The highest BCUT2D eigenvalue weighted by molar-refractivity contribution is 5.36. The predicted octanol–water partition coefficient (Wildman–Crippen LogP) is 4.71. The first kappa shape index (κ1) is 14.6. The molecule has 0 spiro atoms. The first-order chi connectivity index (χ1) is 9.72. The number of hydrogen-bond acceptors (Lipinski definition) is 2. The smallest absolute Gasteiger partial charge is 0.127 e. The molecule has 0 amide bonds. The van der Waals surface area contributed by atoms with Crippen LogP contribution in [0.3, 0.4) is 0 Å². The third kappa shape index (κ3) is 3.84. The van der Waals surface area contributed by atoms with Crippen molar-refractivity contribution in [2.45, 2.75) is 33.2 Å². The molecule has 1 unspecified atom stereocenters. The molecule has 2 nitrogen and oxygen atoms in total. The molecule has 2 rings (SSSR count). The van der Waals surface area contributed by atoms with Crippen molar-refractivity contribution in [1.29, 1.82) is 0 Å². The lowest BCUT2D eigenvalue weighted by Crippen LogP contribution is -2.17. The van der Waals surface area contributed by atoms with Crippen LogP contribution >= 0.6 is 0 Å². The largest absolute Gasteiger partial charge is 0.457 e. The summed E-state index contributed by atoms with van der Waals surface area (Å²) >= 11 is 0. The molecular formula is C18H23NO. The Bertz CT molecular complexity index is 533. The van der Waals surface area contributed by atoms with E-state index in [4.69, 9.17) is 4.74 Å². The van der Waals surface area contributed by atoms with E-state index in [1.807, 2.05) is 24.3 Å². The molecule has 0 aromatic heterocycles. The molecule has 1 N–H and O–H groups in total. The average Bonchev–Trinajstić information content (AvgIpc) is 2.48. The maximum Gasteiger partial charge on any atom is 0.127 e. The molecule has 0 aliphatic heterocycles. The van der Waals surface area contributed by atoms with Gasteiger partial charge < -0.3 is 10.1 Å². The Balaban J connectivity index is 2.10. The minimum atomic E-state index is 0.339. The Morgan fingerprint density at radius 3 is 2.40 bits per heavy atom. The molecule has 1 atom stereocenters. The van der Waals surface area contributed by atoms with Crippen LogP contribution in [0.5, 0.6) is 11.5 Å². The molecule has 0 heterocycles. The highest BCUT2D eigenvalue weighted by Crippen LogP contribution is 2.24. The van der Waals surface area contributed by atoms with E-state index in [0.717, 1.165) is 24.5 Å². The SMILES string of the molecule is CCNC(C)c1cccc(Oc2ccc(CC)cc2)c1. The van der Waals surface area contributed by atoms with Crippen LogP contribution < -0.4 is 10.1 Å². The Morgan fingerprint density at radius 1 is 1.00 bits per heavy atom. The Kier molecular flexibility index (Phi) is 5.19. The van der Waals surface area contributed by atoms with Crippen LogP contribution in [0.4, 0.5) is 0 Å². The zero-order valence-electron chi connectivity index (χ0n) is 12.5. The Morgan fingerprint density at radius 2 is 1.75 bits per heavy atom. The molecule has 2 aromatic rings. The molecule has 0 radical (unpaired) electrons. The van der Waals surface area contributed by atoms with Crippen molar-refractivity contribution >= 4 is 0 Å². The van der Waals surface area contributed by atoms with Crippen molar-refractivity contribution in [1.82, 2.24) is 5.32 Å². The van der Waals surface area contributed by atoms with Gasteiger partial charge in [-0.1, -0.05) is 38.1 Å². The minimum Gasteiger partial charge on any atom is -0.457 e. The molecule has 0 bridgehead atoms. The average molecular weight is 269 g/mol. The van der Waals surface area contributed by atoms with Gasteiger partial charge in [0.15, 0.2) is 0 Å². The van der Waals surface area contributed by atoms with E-state index in [1.165, 1.54) is 11.1 Å². The van der Waals surface area contributed by atoms with E-state index in [9.17, 15) is 0 Å². The number of rotatable bonds is 6. The van der Waals surface area contributed by atoms with Gasteiger partial charge in [0.25, 0.3) is 0 Å². The maximum absolute atomic E-state index is 5.92. The number of benzene rings is 2. The summed E-state index contributed by atoms with van der Waals surface area (Å²) in [7, 11) is 0. The zero-order chi connectivity index (χ0) is 14.4. The number of ether oxygens (including phenoxy) is 1. The Hall–Kier alpha value is -1.80. The zero-order valence-corrected chi connectivity index (χ0v) is 12.5. The molecule has 0 aliphatic carbocycles. The van der Waals surface area contributed by atoms with Gasteiger partial charge in [0.2, 0.25) is 0 Å². The van der Waals surface area contributed by atoms with Crippen molar-refractivity contribution in [3.8, 4) is 11.5 Å². The fraction of sp³-hybridized carbons (Fsp3) is 0.333. The van der Waals surface area contributed by atoms with Gasteiger partial charge in [0.1, 0.15) is 11.5 Å². The molecule has 0 fully saturated rings. The second-order valence-electron chi connectivity index (χ2n) is 4.95. The number of nitrogens with one attached hydrogen (secondary N) is 1. The lowest BCUT2D eigenvalue weighted by Gasteiger charge is -2.14. The number of aryl methyl sites for hydroxylation is 1. The van der Waals surface area contributed by atoms with Crippen molar-refractivity contribution < 1.29 is 4.74 Å². The van der Waals surface area contributed by atoms with Gasteiger partial charge in [-0.15, -0.1) is 0 Å². The monoisotopic (exact) mass is 269 g/mol. The summed E-state index contributed by atoms with van der Waals surface area (Å²) in [5, 5.41) is 3.41. The summed E-state index contributed by atoms with van der Waals surface area (Å²) < 4.78 is 5.92. The van der Waals surface area contributed by atoms with Gasteiger partial charge in [-0.3, -0.25) is 0 Å². The fourth-order valence-electron chi connectivity index (χ4n) is 2.20. The van der Waals surface area contributed by atoms with E-state index >= 15 is 0 Å². The van der Waals surface area contributed by atoms with Gasteiger partial charge in [-0.25, -0.2) is 0 Å². The summed E-state index contributed by atoms with van der Waals surface area (Å²) in [4.78, 5) is 0. The van der Waals surface area contributed by atoms with E-state index in [2.05, 4.69) is 50.4 Å². The van der Waals surface area contributed by atoms with Crippen LogP contribution in [-0.4, -0.2) is 6.54 Å². The van der Waals surface area contributed by atoms with Gasteiger partial charge in [0, 0.05) is 6.04 Å². The summed E-state index contributed by atoms with van der Waals surface area (Å²) in [6.07, 6.45) is 1.05. The quantitative estimate of drug-likeness (QED) is 0.820. The van der Waals surface area contributed by atoms with Crippen molar-refractivity contribution in [2.24, 2.45) is 0 Å². The Labute approximate surface area is 121 Å². The van der Waals surface area contributed by atoms with Gasteiger partial charge in [0.05, 0.1) is 0 Å². The standard InChI is InChI=1S/C18H23NO/c1-4-15-9-11-17(12-10-15)20-18-8-6-7-16(13-18)14(3)19-5-2/h6-14,19H,4-5H2,1-3H3. The molecule has 0 saturated carbocycles. The molecule has 0 saturated heterocycles. The van der Waals surface area contributed by atoms with Crippen LogP contribution in [0.1, 0.15) is 37.9 Å². The number of hydrogen-bond donors (Lipinski definition) is 1. The first-order valence-corrected chi connectivity index (χ1v) is 7.33. The molecule has 2 aromatic carbocycles. The van der Waals surface area contributed by atoms with Crippen LogP contribution in [0.2, 0.25) is 0 Å². The normalized spacial score (nSPS) is 12.2. The summed E-state index contributed by atoms with van der Waals surface area (Å²) in [5.41, 5.74) is 2.57. The van der Waals surface area contributed by atoms with E-state index < -0.39 is 0 Å². The first-order valence-electron chi connectivity index (χ1n) is 7.33. The molecule has 20 heavy (non-hydrogen) atoms. The summed E-state index contributed by atoms with van der Waals surface area (Å²) in [6.45, 7) is 7.40. The van der Waals surface area contributed by atoms with Gasteiger partial charge >= 0.3 is 0 Å². The fourth-order valence-corrected chi connectivity index (χ4v) is 2.20. The lowest BCUT2D eigenvalue weighted by atomic mass is 10.1. The van der Waals surface area contributed by atoms with Crippen molar-refractivity contribution in [3.05, 3.63) is 59.7 Å². The van der Waals surface area contributed by atoms with Crippen LogP contribution in [0.15, 0.2) is 48.5 Å². The molecule has 2 heteroatoms. The minimum absolute atomic E-state index is 0.339. The lowest BCUT2D eigenvalue weighted by molar-refractivity contribution is 0.480.